The minimum Gasteiger partial charge on any atom is -0.478 e. The Balaban J connectivity index is 1.58. The number of carboxylic acids is 1. The molecule has 0 aromatic heterocycles. The standard InChI is InChI=1S/C18H22N2O4/c21-16-3-1-2-10-20(16)15-8-11-19(12-9-15)17(22)13-4-6-14(7-5-13)18(23)24/h4-7,15H,1-3,8-12H2,(H,23,24). The number of nitrogens with zero attached hydrogens (tertiary/aromatic N) is 2. The molecule has 3 rings (SSSR count). The van der Waals surface area contributed by atoms with Crippen molar-refractivity contribution in [1.29, 1.82) is 0 Å². The monoisotopic (exact) mass is 330 g/mol. The van der Waals surface area contributed by atoms with Crippen molar-refractivity contribution < 1.29 is 19.5 Å². The van der Waals surface area contributed by atoms with Crippen molar-refractivity contribution >= 4 is 17.8 Å². The number of hydrogen-bond donors (Lipinski definition) is 1. The van der Waals surface area contributed by atoms with Gasteiger partial charge in [0.1, 0.15) is 0 Å². The van der Waals surface area contributed by atoms with Gasteiger partial charge in [0, 0.05) is 37.7 Å². The second-order valence-corrected chi connectivity index (χ2v) is 6.45. The number of carbonyl (C=O) groups excluding carboxylic acids is 2. The van der Waals surface area contributed by atoms with Crippen LogP contribution in [-0.4, -0.2) is 58.4 Å². The fourth-order valence-corrected chi connectivity index (χ4v) is 3.53. The Bertz CT molecular complexity index is 633. The minimum atomic E-state index is -0.999. The van der Waals surface area contributed by atoms with Crippen molar-refractivity contribution in [3.63, 3.8) is 0 Å². The highest BCUT2D eigenvalue weighted by Gasteiger charge is 2.30. The van der Waals surface area contributed by atoms with Crippen molar-refractivity contribution in [3.05, 3.63) is 35.4 Å². The van der Waals surface area contributed by atoms with Crippen LogP contribution in [0.25, 0.3) is 0 Å². The largest absolute Gasteiger partial charge is 0.478 e. The average Bonchev–Trinajstić information content (AvgIpc) is 2.62. The highest BCUT2D eigenvalue weighted by Crippen LogP contribution is 2.22. The Morgan fingerprint density at radius 1 is 0.958 bits per heavy atom. The molecule has 2 fully saturated rings. The predicted molar refractivity (Wildman–Crippen MR) is 87.9 cm³/mol. The number of likely N-dealkylation sites (tertiary alicyclic amines) is 2. The lowest BCUT2D eigenvalue weighted by molar-refractivity contribution is -0.136. The lowest BCUT2D eigenvalue weighted by atomic mass is 9.99. The third-order valence-corrected chi connectivity index (χ3v) is 4.93. The number of rotatable bonds is 3. The summed E-state index contributed by atoms with van der Waals surface area (Å²) >= 11 is 0. The Morgan fingerprint density at radius 3 is 2.17 bits per heavy atom. The molecule has 0 saturated carbocycles. The van der Waals surface area contributed by atoms with E-state index in [1.165, 1.54) is 12.1 Å². The molecule has 2 heterocycles. The SMILES string of the molecule is O=C(O)c1ccc(C(=O)N2CCC(N3CCCCC3=O)CC2)cc1. The van der Waals surface area contributed by atoms with Gasteiger partial charge in [-0.3, -0.25) is 9.59 Å². The quantitative estimate of drug-likeness (QED) is 0.919. The zero-order chi connectivity index (χ0) is 17.1. The summed E-state index contributed by atoms with van der Waals surface area (Å²) in [5.74, 6) is -0.827. The van der Waals surface area contributed by atoms with E-state index in [9.17, 15) is 14.4 Å². The fraction of sp³-hybridized carbons (Fsp3) is 0.500. The first kappa shape index (κ1) is 16.5. The maximum Gasteiger partial charge on any atom is 0.335 e. The minimum absolute atomic E-state index is 0.0737. The van der Waals surface area contributed by atoms with Gasteiger partial charge in [0.2, 0.25) is 5.91 Å². The van der Waals surface area contributed by atoms with E-state index in [1.807, 2.05) is 4.90 Å². The Labute approximate surface area is 141 Å². The topological polar surface area (TPSA) is 77.9 Å². The molecule has 0 atom stereocenters. The lowest BCUT2D eigenvalue weighted by Crippen LogP contribution is -2.50. The molecule has 0 spiro atoms. The van der Waals surface area contributed by atoms with Crippen LogP contribution < -0.4 is 0 Å². The molecular weight excluding hydrogens is 308 g/mol. The summed E-state index contributed by atoms with van der Waals surface area (Å²) in [7, 11) is 0. The molecule has 2 amide bonds. The third kappa shape index (κ3) is 3.42. The van der Waals surface area contributed by atoms with Crippen LogP contribution in [0, 0.1) is 0 Å². The summed E-state index contributed by atoms with van der Waals surface area (Å²) in [6, 6.07) is 6.28. The van der Waals surface area contributed by atoms with Crippen LogP contribution in [-0.2, 0) is 4.79 Å². The van der Waals surface area contributed by atoms with Gasteiger partial charge in [-0.1, -0.05) is 0 Å². The Hall–Kier alpha value is -2.37. The molecule has 0 radical (unpaired) electrons. The van der Waals surface area contributed by atoms with E-state index in [-0.39, 0.29) is 23.4 Å². The van der Waals surface area contributed by atoms with Gasteiger partial charge in [0.25, 0.3) is 5.91 Å². The number of aromatic carboxylic acids is 1. The molecule has 1 N–H and O–H groups in total. The summed E-state index contributed by atoms with van der Waals surface area (Å²) in [5, 5.41) is 8.91. The molecule has 24 heavy (non-hydrogen) atoms. The predicted octanol–water partition coefficient (Wildman–Crippen LogP) is 2.00. The van der Waals surface area contributed by atoms with Gasteiger partial charge in [0.15, 0.2) is 0 Å². The average molecular weight is 330 g/mol. The fourth-order valence-electron chi connectivity index (χ4n) is 3.53. The number of piperidine rings is 2. The second kappa shape index (κ2) is 7.03. The normalized spacial score (nSPS) is 19.4. The summed E-state index contributed by atoms with van der Waals surface area (Å²) in [6.07, 6.45) is 4.32. The third-order valence-electron chi connectivity index (χ3n) is 4.93. The van der Waals surface area contributed by atoms with Crippen LogP contribution in [0.2, 0.25) is 0 Å². The van der Waals surface area contributed by atoms with Crippen molar-refractivity contribution in [2.45, 2.75) is 38.1 Å². The summed E-state index contributed by atoms with van der Waals surface area (Å²) in [6.45, 7) is 2.11. The molecule has 6 heteroatoms. The van der Waals surface area contributed by atoms with Crippen molar-refractivity contribution in [3.8, 4) is 0 Å². The van der Waals surface area contributed by atoms with E-state index in [0.717, 1.165) is 32.2 Å². The second-order valence-electron chi connectivity index (χ2n) is 6.45. The zero-order valence-corrected chi connectivity index (χ0v) is 13.6. The maximum atomic E-state index is 12.5. The molecule has 6 nitrogen and oxygen atoms in total. The first-order valence-electron chi connectivity index (χ1n) is 8.48. The van der Waals surface area contributed by atoms with E-state index in [1.54, 1.807) is 17.0 Å². The first-order chi connectivity index (χ1) is 11.6. The van der Waals surface area contributed by atoms with Crippen molar-refractivity contribution in [2.24, 2.45) is 0 Å². The molecule has 0 aliphatic carbocycles. The van der Waals surface area contributed by atoms with E-state index >= 15 is 0 Å². The number of amides is 2. The lowest BCUT2D eigenvalue weighted by Gasteiger charge is -2.40. The van der Waals surface area contributed by atoms with Crippen LogP contribution in [0.1, 0.15) is 52.8 Å². The summed E-state index contributed by atoms with van der Waals surface area (Å²) in [4.78, 5) is 39.2. The number of carbonyl (C=O) groups is 3. The van der Waals surface area contributed by atoms with E-state index in [4.69, 9.17) is 5.11 Å². The van der Waals surface area contributed by atoms with Gasteiger partial charge in [-0.25, -0.2) is 4.79 Å². The number of hydrogen-bond acceptors (Lipinski definition) is 3. The van der Waals surface area contributed by atoms with Crippen LogP contribution in [0.5, 0.6) is 0 Å². The maximum absolute atomic E-state index is 12.5. The highest BCUT2D eigenvalue weighted by molar-refractivity contribution is 5.96. The van der Waals surface area contributed by atoms with Gasteiger partial charge < -0.3 is 14.9 Å². The van der Waals surface area contributed by atoms with Crippen LogP contribution >= 0.6 is 0 Å². The molecule has 1 aromatic rings. The smallest absolute Gasteiger partial charge is 0.335 e. The Kier molecular flexibility index (Phi) is 4.83. The summed E-state index contributed by atoms with van der Waals surface area (Å²) in [5.41, 5.74) is 0.682. The van der Waals surface area contributed by atoms with Crippen molar-refractivity contribution in [2.75, 3.05) is 19.6 Å². The molecule has 0 unspecified atom stereocenters. The van der Waals surface area contributed by atoms with Gasteiger partial charge in [-0.05, 0) is 49.9 Å². The molecular formula is C18H22N2O4. The van der Waals surface area contributed by atoms with Gasteiger partial charge in [-0.2, -0.15) is 0 Å². The van der Waals surface area contributed by atoms with E-state index in [0.29, 0.717) is 25.1 Å². The van der Waals surface area contributed by atoms with Crippen molar-refractivity contribution in [1.82, 2.24) is 9.80 Å². The van der Waals surface area contributed by atoms with E-state index < -0.39 is 5.97 Å². The van der Waals surface area contributed by atoms with Crippen LogP contribution in [0.3, 0.4) is 0 Å². The van der Waals surface area contributed by atoms with E-state index in [2.05, 4.69) is 0 Å². The first-order valence-corrected chi connectivity index (χ1v) is 8.48. The number of carboxylic acid groups (broad SMARTS) is 1. The zero-order valence-electron chi connectivity index (χ0n) is 13.6. The molecule has 1 aromatic carbocycles. The van der Waals surface area contributed by atoms with Gasteiger partial charge in [-0.15, -0.1) is 0 Å². The van der Waals surface area contributed by atoms with Crippen LogP contribution in [0.4, 0.5) is 0 Å². The molecule has 2 aliphatic rings. The summed E-state index contributed by atoms with van der Waals surface area (Å²) < 4.78 is 0. The molecule has 0 bridgehead atoms. The molecule has 128 valence electrons. The number of benzene rings is 1. The molecule has 2 aliphatic heterocycles. The molecule has 2 saturated heterocycles. The Morgan fingerprint density at radius 2 is 1.58 bits per heavy atom. The van der Waals surface area contributed by atoms with Crippen LogP contribution in [0.15, 0.2) is 24.3 Å². The van der Waals surface area contributed by atoms with Gasteiger partial charge in [0.05, 0.1) is 5.56 Å². The highest BCUT2D eigenvalue weighted by atomic mass is 16.4. The van der Waals surface area contributed by atoms with Gasteiger partial charge >= 0.3 is 5.97 Å².